The lowest BCUT2D eigenvalue weighted by molar-refractivity contribution is 1.49. The number of hydrogen-bond donors (Lipinski definition) is 1. The van der Waals surface area contributed by atoms with Crippen LogP contribution in [0.3, 0.4) is 0 Å². The second kappa shape index (κ2) is 152. The zero-order chi connectivity index (χ0) is 2.00. The Morgan fingerprint density at radius 2 is 0.800 bits per heavy atom. The van der Waals surface area contributed by atoms with E-state index in [2.05, 4.69) is 5.59 Å². The van der Waals surface area contributed by atoms with E-state index in [9.17, 15) is 0 Å². The summed E-state index contributed by atoms with van der Waals surface area (Å²) in [5.41, 5.74) is 4.50. The highest BCUT2D eigenvalue weighted by Crippen LogP contribution is 0.766. The maximum atomic E-state index is 7.50. The molecule has 0 aromatic carbocycles. The number of nitrogens with one attached hydrogen (secondary N) is 1. The molecule has 1 N–H and O–H groups in total. The molecular weight excluding hydrogens is 66.0 g/mol. The van der Waals surface area contributed by atoms with Gasteiger partial charge in [0.1, 0.15) is 0 Å². The van der Waals surface area contributed by atoms with Crippen LogP contribution in [-0.2, 0) is 0 Å². The van der Waals surface area contributed by atoms with Gasteiger partial charge >= 0.3 is 0 Å². The third-order valence-corrected chi connectivity index (χ3v) is 0. The van der Waals surface area contributed by atoms with Crippen molar-refractivity contribution in [3.05, 3.63) is 4.91 Å². The molecule has 0 aliphatic heterocycles. The summed E-state index contributed by atoms with van der Waals surface area (Å²) in [6.07, 6.45) is 0. The summed E-state index contributed by atoms with van der Waals surface area (Å²) in [7, 11) is 0. The Balaban J connectivity index is -0.00000000167. The van der Waals surface area contributed by atoms with E-state index in [0.717, 1.165) is 0 Å². The van der Waals surface area contributed by atoms with Crippen LogP contribution in [-0.4, -0.2) is 0 Å². The summed E-state index contributed by atoms with van der Waals surface area (Å²) in [6, 6.07) is 0. The SMILES string of the molecule is C.C.C.N=O. The normalized spacial score (nSPS) is 0.800. The number of rotatable bonds is 0. The van der Waals surface area contributed by atoms with Crippen molar-refractivity contribution in [2.75, 3.05) is 0 Å². The fourth-order valence-electron chi connectivity index (χ4n) is 0. The summed E-state index contributed by atoms with van der Waals surface area (Å²) in [5, 5.41) is 0. The van der Waals surface area contributed by atoms with E-state index in [1.54, 1.807) is 0 Å². The molecule has 36 valence electrons. The largest absolute Gasteiger partial charge is 0.154 e. The standard InChI is InChI=1S/3CH4.HNO/c;;;1-2/h3*1H4;1H. The second-order valence-electron chi connectivity index (χ2n) is 0. The molecule has 0 heterocycles. The van der Waals surface area contributed by atoms with Crippen LogP contribution in [0.1, 0.15) is 22.3 Å². The van der Waals surface area contributed by atoms with E-state index < -0.39 is 0 Å². The Bertz CT molecular complexity index is 6.85. The summed E-state index contributed by atoms with van der Waals surface area (Å²) >= 11 is 0. The number of hydrogen-bond acceptors (Lipinski definition) is 2. The first-order valence-electron chi connectivity index (χ1n) is 0.204. The van der Waals surface area contributed by atoms with Gasteiger partial charge in [-0.2, -0.15) is 4.91 Å². The zero-order valence-corrected chi connectivity index (χ0v) is 0.908. The van der Waals surface area contributed by atoms with E-state index in [-0.39, 0.29) is 22.3 Å². The summed E-state index contributed by atoms with van der Waals surface area (Å²) in [5.74, 6) is 0. The molecule has 2 heteroatoms. The fraction of sp³-hybridized carbons (Fsp3) is 1.00. The molecule has 0 unspecified atom stereocenters. The van der Waals surface area contributed by atoms with Gasteiger partial charge in [0.2, 0.25) is 0 Å². The molecule has 0 saturated carbocycles. The van der Waals surface area contributed by atoms with Crippen LogP contribution in [0.2, 0.25) is 0 Å². The quantitative estimate of drug-likeness (QED) is 0.444. The lowest BCUT2D eigenvalue weighted by Crippen LogP contribution is -0.649. The smallest absolute Gasteiger partial charge is 0.0776 e. The molecule has 0 aliphatic carbocycles. The Labute approximate surface area is 34.0 Å². The van der Waals surface area contributed by atoms with Crippen molar-refractivity contribution in [1.82, 2.24) is 0 Å². The highest BCUT2D eigenvalue weighted by molar-refractivity contribution is 3.63. The molecule has 0 aromatic heterocycles. The minimum atomic E-state index is 0. The lowest BCUT2D eigenvalue weighted by atomic mass is 12.0. The van der Waals surface area contributed by atoms with E-state index in [1.807, 2.05) is 0 Å². The van der Waals surface area contributed by atoms with Gasteiger partial charge in [0.15, 0.2) is 0 Å². The van der Waals surface area contributed by atoms with Crippen LogP contribution in [0.5, 0.6) is 0 Å². The molecule has 0 aromatic rings. The maximum Gasteiger partial charge on any atom is -0.0776 e. The van der Waals surface area contributed by atoms with E-state index >= 15 is 0 Å². The van der Waals surface area contributed by atoms with Crippen LogP contribution in [0, 0.1) is 10.5 Å². The maximum absolute atomic E-state index is 7.50. The minimum Gasteiger partial charge on any atom is -0.154 e. The van der Waals surface area contributed by atoms with Crippen molar-refractivity contribution in [1.29, 1.82) is 5.59 Å². The molecule has 0 rings (SSSR count). The van der Waals surface area contributed by atoms with E-state index in [4.69, 9.17) is 4.91 Å². The lowest BCUT2D eigenvalue weighted by Gasteiger charge is -0.827. The van der Waals surface area contributed by atoms with Crippen molar-refractivity contribution >= 4 is 0 Å². The van der Waals surface area contributed by atoms with Gasteiger partial charge in [0.05, 0.1) is 0 Å². The topological polar surface area (TPSA) is 40.9 Å². The molecule has 0 bridgehead atoms. The van der Waals surface area contributed by atoms with Gasteiger partial charge in [-0.25, -0.2) is 0 Å². The first kappa shape index (κ1) is 166. The monoisotopic (exact) mass is 79.1 g/mol. The molecule has 0 spiro atoms. The molecule has 0 fully saturated rings. The van der Waals surface area contributed by atoms with Crippen LogP contribution < -0.4 is 0 Å². The third kappa shape index (κ3) is 57.6. The van der Waals surface area contributed by atoms with Crippen molar-refractivity contribution in [3.63, 3.8) is 0 Å². The zero-order valence-electron chi connectivity index (χ0n) is 0.908. The van der Waals surface area contributed by atoms with E-state index in [0.29, 0.717) is 0 Å². The van der Waals surface area contributed by atoms with Gasteiger partial charge in [-0.05, 0) is 0 Å². The Morgan fingerprint density at radius 1 is 0.800 bits per heavy atom. The first-order chi connectivity index (χ1) is 1.00. The highest BCUT2D eigenvalue weighted by Gasteiger charge is 0.588. The van der Waals surface area contributed by atoms with Crippen LogP contribution in [0.25, 0.3) is 0 Å². The molecule has 0 atom stereocenters. The van der Waals surface area contributed by atoms with Gasteiger partial charge in [-0.3, -0.25) is 0 Å². The average Bonchev–Trinajstić information content (AvgIpc) is 1.00. The van der Waals surface area contributed by atoms with Crippen molar-refractivity contribution in [2.24, 2.45) is 0 Å². The highest BCUT2D eigenvalue weighted by atomic mass is 16.2. The molecule has 0 amide bonds. The number of nitroso groups, excluding NO2 is 1. The van der Waals surface area contributed by atoms with Crippen molar-refractivity contribution in [2.45, 2.75) is 22.3 Å². The van der Waals surface area contributed by atoms with E-state index in [1.165, 1.54) is 0 Å². The second-order valence-corrected chi connectivity index (χ2v) is 0. The van der Waals surface area contributed by atoms with Gasteiger partial charge < -0.3 is 0 Å². The molecule has 0 radical (unpaired) electrons. The molecular formula is C3H13NO. The van der Waals surface area contributed by atoms with Crippen molar-refractivity contribution < 1.29 is 0 Å². The average molecular weight is 79.1 g/mol. The Hall–Kier alpha value is -0.400. The fourth-order valence-corrected chi connectivity index (χ4v) is 0. The Kier molecular flexibility index (Phi) is 5040. The first-order valence-corrected chi connectivity index (χ1v) is 0.204. The molecule has 2 nitrogen and oxygen atoms in total. The predicted molar refractivity (Wildman–Crippen MR) is 26.3 cm³/mol. The molecule has 0 saturated heterocycles. The molecule has 0 aliphatic rings. The van der Waals surface area contributed by atoms with Gasteiger partial charge in [-0.15, -0.1) is 0 Å². The summed E-state index contributed by atoms with van der Waals surface area (Å²) < 4.78 is 0. The Morgan fingerprint density at radius 3 is 0.800 bits per heavy atom. The van der Waals surface area contributed by atoms with Gasteiger partial charge in [-0.1, -0.05) is 27.9 Å². The predicted octanol–water partition coefficient (Wildman–Crippen LogP) is 2.24. The minimum absolute atomic E-state index is 0. The third-order valence-electron chi connectivity index (χ3n) is 0. The van der Waals surface area contributed by atoms with Crippen LogP contribution in [0.4, 0.5) is 0 Å². The van der Waals surface area contributed by atoms with Gasteiger partial charge in [0, 0.05) is 0 Å². The van der Waals surface area contributed by atoms with Crippen molar-refractivity contribution in [3.8, 4) is 0 Å². The molecule has 5 heavy (non-hydrogen) atoms. The van der Waals surface area contributed by atoms with Crippen LogP contribution >= 0.6 is 0 Å². The summed E-state index contributed by atoms with van der Waals surface area (Å²) in [4.78, 5) is 7.50. The summed E-state index contributed by atoms with van der Waals surface area (Å²) in [6.45, 7) is 0. The van der Waals surface area contributed by atoms with Crippen LogP contribution in [0.15, 0.2) is 0 Å². The van der Waals surface area contributed by atoms with Gasteiger partial charge in [0.25, 0.3) is 0 Å².